The predicted molar refractivity (Wildman–Crippen MR) is 3.87 cm³/mol. The van der Waals surface area contributed by atoms with Crippen LogP contribution in [0, 0.1) is 0 Å². The van der Waals surface area contributed by atoms with Crippen LogP contribution < -0.4 is 0 Å². The Kier molecular flexibility index (Phi) is 823. The summed E-state index contributed by atoms with van der Waals surface area (Å²) in [6.45, 7) is 0. The van der Waals surface area contributed by atoms with E-state index in [0.29, 0.717) is 0 Å². The quantitative estimate of drug-likeness (QED) is 0.440. The molecule has 0 spiro atoms. The molecule has 30 valence electrons. The Hall–Kier alpha value is 0.946. The molecule has 4 heteroatoms. The normalized spacial score (nSPS) is 0. The molecule has 0 rings (SSSR count). The Labute approximate surface area is 45.2 Å². The van der Waals surface area contributed by atoms with Crippen molar-refractivity contribution in [3.63, 3.8) is 0 Å². The van der Waals surface area contributed by atoms with Gasteiger partial charge in [-0.05, 0) is 0 Å². The van der Waals surface area contributed by atoms with Crippen LogP contribution in [0.15, 0.2) is 0 Å². The molecule has 0 aromatic carbocycles. The second-order valence-electron chi connectivity index (χ2n) is 0. The standard InChI is InChI=1S/Co.Mn.2H2O/h;;2*1H2/q+2;;;/p-2. The first-order valence-electron chi connectivity index (χ1n) is 0. The summed E-state index contributed by atoms with van der Waals surface area (Å²) in [6.07, 6.45) is 0. The summed E-state index contributed by atoms with van der Waals surface area (Å²) in [7, 11) is 0. The van der Waals surface area contributed by atoms with Crippen molar-refractivity contribution in [2.24, 2.45) is 0 Å². The maximum atomic E-state index is 0. The van der Waals surface area contributed by atoms with Gasteiger partial charge in [-0.1, -0.05) is 0 Å². The summed E-state index contributed by atoms with van der Waals surface area (Å²) in [6, 6.07) is 0. The first-order chi connectivity index (χ1) is 0. The molecule has 0 saturated heterocycles. The van der Waals surface area contributed by atoms with E-state index >= 15 is 0 Å². The van der Waals surface area contributed by atoms with E-state index in [9.17, 15) is 0 Å². The van der Waals surface area contributed by atoms with E-state index in [1.54, 1.807) is 0 Å². The van der Waals surface area contributed by atoms with Crippen molar-refractivity contribution in [2.45, 2.75) is 0 Å². The molecule has 2 radical (unpaired) electrons. The molecule has 4 heavy (non-hydrogen) atoms. The van der Waals surface area contributed by atoms with Crippen molar-refractivity contribution in [1.29, 1.82) is 0 Å². The summed E-state index contributed by atoms with van der Waals surface area (Å²) in [4.78, 5) is 0. The fraction of sp³-hybridized carbons (Fsp3) is 0. The van der Waals surface area contributed by atoms with Gasteiger partial charge < -0.3 is 11.0 Å². The third-order valence-corrected chi connectivity index (χ3v) is 0. The Morgan fingerprint density at radius 1 is 0.750 bits per heavy atom. The average Bonchev–Trinajstić information content (AvgIpc) is 0. The third kappa shape index (κ3) is 12.5. The summed E-state index contributed by atoms with van der Waals surface area (Å²) in [5.74, 6) is 0. The van der Waals surface area contributed by atoms with E-state index in [0.717, 1.165) is 0 Å². The average molecular weight is 148 g/mol. The Bertz CT molecular complexity index is 6.00. The molecule has 0 saturated carbocycles. The third-order valence-electron chi connectivity index (χ3n) is 0. The van der Waals surface area contributed by atoms with E-state index in [1.807, 2.05) is 0 Å². The van der Waals surface area contributed by atoms with E-state index in [1.165, 1.54) is 0 Å². The zero-order chi connectivity index (χ0) is 0. The zero-order valence-corrected chi connectivity index (χ0v) is 3.83. The van der Waals surface area contributed by atoms with Crippen molar-refractivity contribution in [3.05, 3.63) is 0 Å². The van der Waals surface area contributed by atoms with Gasteiger partial charge in [0.25, 0.3) is 0 Å². The molecule has 0 bridgehead atoms. The number of rotatable bonds is 0. The largest absolute Gasteiger partial charge is 2.00 e. The molecule has 0 heterocycles. The topological polar surface area (TPSA) is 60.0 Å². The summed E-state index contributed by atoms with van der Waals surface area (Å²) in [5.41, 5.74) is 0. The summed E-state index contributed by atoms with van der Waals surface area (Å²) < 4.78 is 0. The minimum atomic E-state index is 0. The van der Waals surface area contributed by atoms with Gasteiger partial charge in [-0.3, -0.25) is 0 Å². The first-order valence-corrected chi connectivity index (χ1v) is 0. The van der Waals surface area contributed by atoms with Crippen molar-refractivity contribution in [2.75, 3.05) is 0 Å². The molecule has 2 nitrogen and oxygen atoms in total. The molecule has 0 atom stereocenters. The van der Waals surface area contributed by atoms with Crippen LogP contribution in [0.3, 0.4) is 0 Å². The summed E-state index contributed by atoms with van der Waals surface area (Å²) >= 11 is 0. The monoisotopic (exact) mass is 148 g/mol. The van der Waals surface area contributed by atoms with Gasteiger partial charge in [-0.15, -0.1) is 0 Å². The molecule has 0 aliphatic heterocycles. The fourth-order valence-corrected chi connectivity index (χ4v) is 0. The van der Waals surface area contributed by atoms with Crippen molar-refractivity contribution in [1.82, 2.24) is 0 Å². The maximum Gasteiger partial charge on any atom is 2.00 e. The van der Waals surface area contributed by atoms with Crippen LogP contribution in [-0.4, -0.2) is 11.0 Å². The molecular weight excluding hydrogens is 146 g/mol. The molecule has 2 N–H and O–H groups in total. The predicted octanol–water partition coefficient (Wildman–Crippen LogP) is -0.359. The van der Waals surface area contributed by atoms with E-state index in [4.69, 9.17) is 0 Å². The van der Waals surface area contributed by atoms with Gasteiger partial charge in [-0.25, -0.2) is 0 Å². The number of hydrogen-bond donors (Lipinski definition) is 0. The molecule has 0 amide bonds. The summed E-state index contributed by atoms with van der Waals surface area (Å²) in [5, 5.41) is 0. The van der Waals surface area contributed by atoms with Gasteiger partial charge in [0.05, 0.1) is 0 Å². The van der Waals surface area contributed by atoms with Crippen molar-refractivity contribution >= 4 is 0 Å². The van der Waals surface area contributed by atoms with Crippen LogP contribution in [0.4, 0.5) is 0 Å². The molecular formula is H2CoMnO2. The molecule has 0 aromatic rings. The van der Waals surface area contributed by atoms with Crippen molar-refractivity contribution in [3.8, 4) is 0 Å². The van der Waals surface area contributed by atoms with Gasteiger partial charge in [0, 0.05) is 17.1 Å². The minimum absolute atomic E-state index is 0. The van der Waals surface area contributed by atoms with Crippen LogP contribution in [0.1, 0.15) is 0 Å². The van der Waals surface area contributed by atoms with Crippen LogP contribution in [0.5, 0.6) is 0 Å². The first kappa shape index (κ1) is 86.1. The van der Waals surface area contributed by atoms with Crippen LogP contribution in [0.25, 0.3) is 0 Å². The Morgan fingerprint density at radius 3 is 0.750 bits per heavy atom. The van der Waals surface area contributed by atoms with Crippen LogP contribution in [-0.2, 0) is 33.8 Å². The molecule has 0 aromatic heterocycles. The minimum Gasteiger partial charge on any atom is -0.870 e. The van der Waals surface area contributed by atoms with Crippen LogP contribution in [0.2, 0.25) is 0 Å². The fourth-order valence-electron chi connectivity index (χ4n) is 0. The van der Waals surface area contributed by atoms with Gasteiger partial charge in [0.1, 0.15) is 0 Å². The van der Waals surface area contributed by atoms with E-state index in [2.05, 4.69) is 0 Å². The SMILES string of the molecule is [Co+2].[Mn].[OH-].[OH-]. The zero-order valence-electron chi connectivity index (χ0n) is 1.61. The van der Waals surface area contributed by atoms with E-state index in [-0.39, 0.29) is 44.8 Å². The van der Waals surface area contributed by atoms with Crippen molar-refractivity contribution < 1.29 is 44.8 Å². The molecule has 0 aliphatic rings. The van der Waals surface area contributed by atoms with Gasteiger partial charge in [0.2, 0.25) is 0 Å². The second kappa shape index (κ2) is 38.3. The molecule has 0 aliphatic carbocycles. The Morgan fingerprint density at radius 2 is 0.750 bits per heavy atom. The Balaban J connectivity index is 0. The number of hydrogen-bond acceptors (Lipinski definition) is 2. The smallest absolute Gasteiger partial charge is 0.870 e. The van der Waals surface area contributed by atoms with Gasteiger partial charge in [0.15, 0.2) is 0 Å². The second-order valence-corrected chi connectivity index (χ2v) is 0. The maximum absolute atomic E-state index is 0. The van der Waals surface area contributed by atoms with Gasteiger partial charge >= 0.3 is 16.8 Å². The molecule has 0 fully saturated rings. The van der Waals surface area contributed by atoms with Crippen LogP contribution >= 0.6 is 0 Å². The van der Waals surface area contributed by atoms with Gasteiger partial charge in [-0.2, -0.15) is 0 Å². The van der Waals surface area contributed by atoms with E-state index < -0.39 is 0 Å². The molecule has 0 unspecified atom stereocenters.